The van der Waals surface area contributed by atoms with Crippen molar-refractivity contribution >= 4 is 27.5 Å². The van der Waals surface area contributed by atoms with Gasteiger partial charge < -0.3 is 5.32 Å². The van der Waals surface area contributed by atoms with Gasteiger partial charge in [-0.3, -0.25) is 4.79 Å². The molecule has 0 heterocycles. The van der Waals surface area contributed by atoms with E-state index in [1.165, 1.54) is 11.1 Å². The van der Waals surface area contributed by atoms with Crippen LogP contribution in [-0.2, 0) is 16.6 Å². The molecule has 0 radical (unpaired) electrons. The van der Waals surface area contributed by atoms with Gasteiger partial charge in [-0.2, -0.15) is 0 Å². The number of alkyl halides is 1. The third-order valence-corrected chi connectivity index (χ3v) is 3.23. The molecule has 0 atom stereocenters. The Morgan fingerprint density at radius 3 is 2.47 bits per heavy atom. The van der Waals surface area contributed by atoms with Crippen molar-refractivity contribution in [2.24, 2.45) is 0 Å². The van der Waals surface area contributed by atoms with Crippen molar-refractivity contribution in [2.45, 2.75) is 39.5 Å². The Labute approximate surface area is 112 Å². The zero-order chi connectivity index (χ0) is 13.1. The van der Waals surface area contributed by atoms with Crippen LogP contribution in [0.15, 0.2) is 18.2 Å². The van der Waals surface area contributed by atoms with Gasteiger partial charge in [0.1, 0.15) is 0 Å². The van der Waals surface area contributed by atoms with Crippen LogP contribution in [0.1, 0.15) is 38.8 Å². The molecule has 0 unspecified atom stereocenters. The van der Waals surface area contributed by atoms with Crippen molar-refractivity contribution in [3.05, 3.63) is 29.3 Å². The lowest BCUT2D eigenvalue weighted by molar-refractivity contribution is -0.113. The normalized spacial score (nSPS) is 11.4. The number of aryl methyl sites for hydroxylation is 1. The quantitative estimate of drug-likeness (QED) is 0.843. The van der Waals surface area contributed by atoms with E-state index in [0.717, 1.165) is 12.1 Å². The van der Waals surface area contributed by atoms with Gasteiger partial charge >= 0.3 is 0 Å². The Morgan fingerprint density at radius 2 is 2.00 bits per heavy atom. The number of amides is 1. The van der Waals surface area contributed by atoms with Crippen molar-refractivity contribution in [1.29, 1.82) is 0 Å². The van der Waals surface area contributed by atoms with Crippen molar-refractivity contribution in [3.8, 4) is 0 Å². The molecule has 0 aliphatic carbocycles. The summed E-state index contributed by atoms with van der Waals surface area (Å²) in [7, 11) is 0. The third-order valence-electron chi connectivity index (χ3n) is 2.73. The van der Waals surface area contributed by atoms with Crippen molar-refractivity contribution in [1.82, 2.24) is 0 Å². The number of benzene rings is 1. The largest absolute Gasteiger partial charge is 0.325 e. The molecule has 1 rings (SSSR count). The number of para-hydroxylation sites is 1. The fourth-order valence-corrected chi connectivity index (χ4v) is 1.98. The van der Waals surface area contributed by atoms with Crippen LogP contribution in [0.25, 0.3) is 0 Å². The van der Waals surface area contributed by atoms with Crippen LogP contribution < -0.4 is 5.32 Å². The number of anilines is 1. The summed E-state index contributed by atoms with van der Waals surface area (Å²) < 4.78 is 0. The number of carbonyl (C=O) groups is 1. The maximum Gasteiger partial charge on any atom is 0.235 e. The molecule has 0 spiro atoms. The summed E-state index contributed by atoms with van der Waals surface area (Å²) in [6, 6.07) is 6.21. The summed E-state index contributed by atoms with van der Waals surface area (Å²) >= 11 is 3.18. The van der Waals surface area contributed by atoms with E-state index < -0.39 is 0 Å². The SMILES string of the molecule is CCc1cccc(C(C)(C)C)c1NC(=O)CBr. The van der Waals surface area contributed by atoms with Crippen LogP contribution in [0.2, 0.25) is 0 Å². The molecule has 2 nitrogen and oxygen atoms in total. The maximum absolute atomic E-state index is 11.6. The highest BCUT2D eigenvalue weighted by Crippen LogP contribution is 2.32. The number of hydrogen-bond acceptors (Lipinski definition) is 1. The molecule has 94 valence electrons. The lowest BCUT2D eigenvalue weighted by Gasteiger charge is -2.25. The molecule has 3 heteroatoms. The summed E-state index contributed by atoms with van der Waals surface area (Å²) in [5, 5.41) is 3.33. The van der Waals surface area contributed by atoms with E-state index in [-0.39, 0.29) is 11.3 Å². The van der Waals surface area contributed by atoms with Gasteiger partial charge in [-0.25, -0.2) is 0 Å². The number of hydrogen-bond donors (Lipinski definition) is 1. The van der Waals surface area contributed by atoms with Gasteiger partial charge in [0.05, 0.1) is 5.33 Å². The fourth-order valence-electron chi connectivity index (χ4n) is 1.84. The molecule has 0 aliphatic rings. The first-order valence-electron chi connectivity index (χ1n) is 5.88. The van der Waals surface area contributed by atoms with Crippen LogP contribution in [0.5, 0.6) is 0 Å². The first-order chi connectivity index (χ1) is 7.90. The number of rotatable bonds is 3. The van der Waals surface area contributed by atoms with Crippen LogP contribution >= 0.6 is 15.9 Å². The second kappa shape index (κ2) is 5.67. The highest BCUT2D eigenvalue weighted by atomic mass is 79.9. The molecular weight excluding hydrogens is 278 g/mol. The highest BCUT2D eigenvalue weighted by molar-refractivity contribution is 9.09. The maximum atomic E-state index is 11.6. The second-order valence-corrected chi connectivity index (χ2v) is 5.69. The highest BCUT2D eigenvalue weighted by Gasteiger charge is 2.20. The fraction of sp³-hybridized carbons (Fsp3) is 0.500. The molecule has 1 aromatic carbocycles. The second-order valence-electron chi connectivity index (χ2n) is 5.13. The van der Waals surface area contributed by atoms with Crippen molar-refractivity contribution in [3.63, 3.8) is 0 Å². The lowest BCUT2D eigenvalue weighted by atomic mass is 9.84. The molecule has 0 aromatic heterocycles. The minimum atomic E-state index is -0.00333. The van der Waals surface area contributed by atoms with Crippen LogP contribution in [0.3, 0.4) is 0 Å². The number of carbonyl (C=O) groups excluding carboxylic acids is 1. The van der Waals surface area contributed by atoms with E-state index >= 15 is 0 Å². The Bertz CT molecular complexity index is 407. The van der Waals surface area contributed by atoms with E-state index in [0.29, 0.717) is 5.33 Å². The molecule has 1 amide bonds. The molecule has 0 saturated carbocycles. The molecule has 0 saturated heterocycles. The van der Waals surface area contributed by atoms with Crippen molar-refractivity contribution < 1.29 is 4.79 Å². The Hall–Kier alpha value is -0.830. The minimum Gasteiger partial charge on any atom is -0.325 e. The summed E-state index contributed by atoms with van der Waals surface area (Å²) in [6.45, 7) is 8.58. The van der Waals surface area contributed by atoms with Crippen LogP contribution in [-0.4, -0.2) is 11.2 Å². The molecular formula is C14H20BrNO. The Morgan fingerprint density at radius 1 is 1.35 bits per heavy atom. The smallest absolute Gasteiger partial charge is 0.235 e. The van der Waals surface area contributed by atoms with Crippen molar-refractivity contribution in [2.75, 3.05) is 10.6 Å². The zero-order valence-corrected chi connectivity index (χ0v) is 12.5. The predicted molar refractivity (Wildman–Crippen MR) is 76.9 cm³/mol. The average Bonchev–Trinajstić information content (AvgIpc) is 2.27. The minimum absolute atomic E-state index is 0.00333. The summed E-state index contributed by atoms with van der Waals surface area (Å²) in [5.74, 6) is -0.00333. The van der Waals surface area contributed by atoms with Gasteiger partial charge in [0.2, 0.25) is 5.91 Å². The van der Waals surface area contributed by atoms with Crippen LogP contribution in [0.4, 0.5) is 5.69 Å². The van der Waals surface area contributed by atoms with E-state index in [1.54, 1.807) is 0 Å². The first kappa shape index (κ1) is 14.2. The average molecular weight is 298 g/mol. The molecule has 0 bridgehead atoms. The van der Waals surface area contributed by atoms with Gasteiger partial charge in [0.25, 0.3) is 0 Å². The van der Waals surface area contributed by atoms with Gasteiger partial charge in [0, 0.05) is 5.69 Å². The molecule has 0 aliphatic heterocycles. The monoisotopic (exact) mass is 297 g/mol. The Balaban J connectivity index is 3.26. The van der Waals surface area contributed by atoms with Crippen LogP contribution in [0, 0.1) is 0 Å². The van der Waals surface area contributed by atoms with Gasteiger partial charge in [-0.05, 0) is 23.0 Å². The molecule has 1 aromatic rings. The standard InChI is InChI=1S/C14H20BrNO/c1-5-10-7-6-8-11(14(2,3)4)13(10)16-12(17)9-15/h6-8H,5,9H2,1-4H3,(H,16,17). The van der Waals surface area contributed by atoms with Gasteiger partial charge in [-0.15, -0.1) is 0 Å². The first-order valence-corrected chi connectivity index (χ1v) is 7.00. The number of halogens is 1. The predicted octanol–water partition coefficient (Wildman–Crippen LogP) is 3.88. The van der Waals surface area contributed by atoms with E-state index in [9.17, 15) is 4.79 Å². The molecule has 1 N–H and O–H groups in total. The topological polar surface area (TPSA) is 29.1 Å². The van der Waals surface area contributed by atoms with Gasteiger partial charge in [0.15, 0.2) is 0 Å². The Kier molecular flexibility index (Phi) is 4.75. The lowest BCUT2D eigenvalue weighted by Crippen LogP contribution is -2.20. The third kappa shape index (κ3) is 3.56. The number of nitrogens with one attached hydrogen (secondary N) is 1. The zero-order valence-electron chi connectivity index (χ0n) is 10.9. The summed E-state index contributed by atoms with van der Waals surface area (Å²) in [4.78, 5) is 11.6. The van der Waals surface area contributed by atoms with E-state index in [2.05, 4.69) is 67.1 Å². The van der Waals surface area contributed by atoms with Gasteiger partial charge in [-0.1, -0.05) is 61.8 Å². The van der Waals surface area contributed by atoms with E-state index in [1.807, 2.05) is 0 Å². The summed E-state index contributed by atoms with van der Waals surface area (Å²) in [5.41, 5.74) is 3.38. The summed E-state index contributed by atoms with van der Waals surface area (Å²) in [6.07, 6.45) is 0.918. The molecule has 17 heavy (non-hydrogen) atoms. The molecule has 0 fully saturated rings. The van der Waals surface area contributed by atoms with E-state index in [4.69, 9.17) is 0 Å².